The third-order valence-electron chi connectivity index (χ3n) is 3.66. The van der Waals surface area contributed by atoms with Crippen LogP contribution in [0.3, 0.4) is 0 Å². The van der Waals surface area contributed by atoms with Gasteiger partial charge in [-0.3, -0.25) is 4.98 Å². The van der Waals surface area contributed by atoms with Crippen LogP contribution in [0.25, 0.3) is 0 Å². The molecule has 2 heterocycles. The van der Waals surface area contributed by atoms with E-state index in [9.17, 15) is 0 Å². The Morgan fingerprint density at radius 2 is 1.70 bits per heavy atom. The fourth-order valence-corrected chi connectivity index (χ4v) is 2.88. The van der Waals surface area contributed by atoms with Gasteiger partial charge in [-0.1, -0.05) is 23.8 Å². The van der Waals surface area contributed by atoms with Gasteiger partial charge >= 0.3 is 22.4 Å². The Bertz CT molecular complexity index is 650. The van der Waals surface area contributed by atoms with E-state index in [1.54, 1.807) is 0 Å². The number of anilines is 1. The summed E-state index contributed by atoms with van der Waals surface area (Å²) in [6, 6.07) is 10.5. The van der Waals surface area contributed by atoms with Gasteiger partial charge in [0.25, 0.3) is 0 Å². The average molecular weight is 466 g/mol. The molecule has 0 N–H and O–H groups in total. The zero-order valence-corrected chi connectivity index (χ0v) is 16.5. The van der Waals surface area contributed by atoms with Gasteiger partial charge < -0.3 is 26.8 Å². The number of benzene rings is 1. The molecular formula is C18H20AgBrN3. The SMILES string of the molecule is Cc1cc(C)c(N2[CH]N(Cc3ccccn3)C=C2)c(C)c1.[Ag+].[Br-]. The number of pyridine rings is 1. The maximum atomic E-state index is 4.37. The van der Waals surface area contributed by atoms with Crippen molar-refractivity contribution in [2.75, 3.05) is 4.90 Å². The molecule has 1 radical (unpaired) electrons. The van der Waals surface area contributed by atoms with Gasteiger partial charge in [0.2, 0.25) is 0 Å². The number of rotatable bonds is 3. The van der Waals surface area contributed by atoms with Crippen molar-refractivity contribution >= 4 is 5.69 Å². The molecule has 2 aromatic rings. The van der Waals surface area contributed by atoms with Crippen LogP contribution in [-0.4, -0.2) is 9.88 Å². The van der Waals surface area contributed by atoms with Gasteiger partial charge in [-0.05, 0) is 44.0 Å². The zero-order chi connectivity index (χ0) is 14.8. The first-order valence-corrected chi connectivity index (χ1v) is 7.18. The Morgan fingerprint density at radius 1 is 1.00 bits per heavy atom. The molecule has 0 unspecified atom stereocenters. The van der Waals surface area contributed by atoms with E-state index in [0.29, 0.717) is 0 Å². The normalized spacial score (nSPS) is 12.8. The van der Waals surface area contributed by atoms with Crippen molar-refractivity contribution in [3.05, 3.63) is 78.0 Å². The minimum Gasteiger partial charge on any atom is -1.00 e. The minimum absolute atomic E-state index is 0. The summed E-state index contributed by atoms with van der Waals surface area (Å²) in [5, 5.41) is 0. The number of halogens is 1. The molecule has 0 saturated carbocycles. The Hall–Kier alpha value is -1.07. The van der Waals surface area contributed by atoms with E-state index in [-0.39, 0.29) is 39.4 Å². The summed E-state index contributed by atoms with van der Waals surface area (Å²) in [6.07, 6.45) is 6.03. The molecule has 0 bridgehead atoms. The smallest absolute Gasteiger partial charge is 1.00 e. The van der Waals surface area contributed by atoms with Gasteiger partial charge in [-0.15, -0.1) is 0 Å². The van der Waals surface area contributed by atoms with Crippen molar-refractivity contribution in [1.29, 1.82) is 0 Å². The molecule has 0 atom stereocenters. The fraction of sp³-hybridized carbons (Fsp3) is 0.222. The predicted molar refractivity (Wildman–Crippen MR) is 86.4 cm³/mol. The summed E-state index contributed by atoms with van der Waals surface area (Å²) < 4.78 is 0. The third kappa shape index (κ3) is 4.70. The molecule has 5 heteroatoms. The van der Waals surface area contributed by atoms with Crippen LogP contribution in [0.2, 0.25) is 0 Å². The van der Waals surface area contributed by atoms with Crippen LogP contribution in [0.5, 0.6) is 0 Å². The third-order valence-corrected chi connectivity index (χ3v) is 3.66. The molecule has 0 fully saturated rings. The Morgan fingerprint density at radius 3 is 2.30 bits per heavy atom. The zero-order valence-electron chi connectivity index (χ0n) is 13.4. The monoisotopic (exact) mass is 464 g/mol. The molecule has 3 nitrogen and oxygen atoms in total. The van der Waals surface area contributed by atoms with Crippen molar-refractivity contribution in [3.8, 4) is 0 Å². The van der Waals surface area contributed by atoms with Crippen molar-refractivity contribution in [2.45, 2.75) is 27.3 Å². The topological polar surface area (TPSA) is 19.4 Å². The molecule has 0 spiro atoms. The largest absolute Gasteiger partial charge is 1.00 e. The molecule has 1 aromatic heterocycles. The van der Waals surface area contributed by atoms with Crippen LogP contribution in [0.15, 0.2) is 48.9 Å². The molecule has 0 saturated heterocycles. The van der Waals surface area contributed by atoms with Gasteiger partial charge in [-0.25, -0.2) is 0 Å². The van der Waals surface area contributed by atoms with Crippen molar-refractivity contribution in [2.24, 2.45) is 0 Å². The van der Waals surface area contributed by atoms with Gasteiger partial charge in [-0.2, -0.15) is 0 Å². The molecule has 1 aliphatic rings. The summed E-state index contributed by atoms with van der Waals surface area (Å²) in [5.41, 5.74) is 6.24. The van der Waals surface area contributed by atoms with Crippen LogP contribution in [0.4, 0.5) is 5.69 Å². The van der Waals surface area contributed by atoms with Gasteiger partial charge in [0.05, 0.1) is 12.2 Å². The van der Waals surface area contributed by atoms with Crippen molar-refractivity contribution in [3.63, 3.8) is 0 Å². The summed E-state index contributed by atoms with van der Waals surface area (Å²) in [6.45, 7) is 9.38. The molecule has 1 aliphatic heterocycles. The van der Waals surface area contributed by atoms with E-state index in [4.69, 9.17) is 0 Å². The Kier molecular flexibility index (Phi) is 7.55. The Balaban J connectivity index is 0.00000132. The maximum Gasteiger partial charge on any atom is 1.00 e. The van der Waals surface area contributed by atoms with E-state index in [1.165, 1.54) is 22.4 Å². The van der Waals surface area contributed by atoms with Gasteiger partial charge in [0, 0.05) is 24.3 Å². The van der Waals surface area contributed by atoms with Crippen LogP contribution >= 0.6 is 0 Å². The summed E-state index contributed by atoms with van der Waals surface area (Å²) >= 11 is 0. The van der Waals surface area contributed by atoms with E-state index in [2.05, 4.69) is 66.8 Å². The number of nitrogens with zero attached hydrogens (tertiary/aromatic N) is 3. The van der Waals surface area contributed by atoms with E-state index < -0.39 is 0 Å². The van der Waals surface area contributed by atoms with E-state index >= 15 is 0 Å². The van der Waals surface area contributed by atoms with Crippen LogP contribution in [0, 0.1) is 27.4 Å². The fourth-order valence-electron chi connectivity index (χ4n) is 2.88. The number of aryl methyl sites for hydroxylation is 3. The van der Waals surface area contributed by atoms with Crippen molar-refractivity contribution in [1.82, 2.24) is 9.88 Å². The second-order valence-corrected chi connectivity index (χ2v) is 5.56. The molecule has 23 heavy (non-hydrogen) atoms. The molecular weight excluding hydrogens is 446 g/mol. The quantitative estimate of drug-likeness (QED) is 0.628. The van der Waals surface area contributed by atoms with Crippen LogP contribution in [-0.2, 0) is 28.9 Å². The van der Waals surface area contributed by atoms with E-state index in [1.807, 2.05) is 24.4 Å². The average Bonchev–Trinajstić information content (AvgIpc) is 2.87. The minimum atomic E-state index is 0. The molecule has 0 amide bonds. The summed E-state index contributed by atoms with van der Waals surface area (Å²) in [7, 11) is 0. The van der Waals surface area contributed by atoms with Crippen LogP contribution < -0.4 is 21.9 Å². The predicted octanol–water partition coefficient (Wildman–Crippen LogP) is 0.921. The number of hydrogen-bond acceptors (Lipinski definition) is 3. The standard InChI is InChI=1S/C18H20N3.Ag.BrH/c1-14-10-15(2)18(16(3)11-14)21-9-8-20(13-21)12-17-6-4-5-7-19-17;;/h4-11,13H,12H2,1-3H3;;1H/q;+1;/p-1. The first kappa shape index (κ1) is 20.0. The van der Waals surface area contributed by atoms with E-state index in [0.717, 1.165) is 12.2 Å². The molecule has 3 rings (SSSR count). The first-order valence-electron chi connectivity index (χ1n) is 7.18. The van der Waals surface area contributed by atoms with Crippen LogP contribution in [0.1, 0.15) is 22.4 Å². The summed E-state index contributed by atoms with van der Waals surface area (Å²) in [5.74, 6) is 0. The second-order valence-electron chi connectivity index (χ2n) is 5.56. The maximum absolute atomic E-state index is 4.37. The van der Waals surface area contributed by atoms with Gasteiger partial charge in [0.15, 0.2) is 0 Å². The second kappa shape index (κ2) is 8.69. The number of hydrogen-bond donors (Lipinski definition) is 0. The van der Waals surface area contributed by atoms with Crippen molar-refractivity contribution < 1.29 is 39.4 Å². The molecule has 1 aromatic carbocycles. The molecule has 125 valence electrons. The Labute approximate surface area is 164 Å². The van der Waals surface area contributed by atoms with Gasteiger partial charge in [0.1, 0.15) is 6.67 Å². The molecule has 0 aliphatic carbocycles. The first-order chi connectivity index (χ1) is 10.1. The number of aromatic nitrogens is 1. The summed E-state index contributed by atoms with van der Waals surface area (Å²) in [4.78, 5) is 8.71.